The fourth-order valence-electron chi connectivity index (χ4n) is 1.59. The Morgan fingerprint density at radius 1 is 1.12 bits per heavy atom. The van der Waals surface area contributed by atoms with Crippen molar-refractivity contribution in [3.05, 3.63) is 12.2 Å². The molecule has 0 atom stereocenters. The quantitative estimate of drug-likeness (QED) is 0.225. The van der Waals surface area contributed by atoms with E-state index in [2.05, 4.69) is 38.4 Å². The number of unbranched alkanes of at least 4 members (excludes halogenated alkanes) is 5. The summed E-state index contributed by atoms with van der Waals surface area (Å²) in [6.45, 7) is 7.43. The van der Waals surface area contributed by atoms with Crippen LogP contribution in [-0.2, 0) is 4.74 Å². The fourth-order valence-corrected chi connectivity index (χ4v) is 2.51. The van der Waals surface area contributed by atoms with E-state index in [1.165, 1.54) is 44.9 Å². The van der Waals surface area contributed by atoms with E-state index < -0.39 is 0 Å². The van der Waals surface area contributed by atoms with Crippen LogP contribution in [0.15, 0.2) is 12.2 Å². The van der Waals surface area contributed by atoms with Crippen LogP contribution >= 0.6 is 31.9 Å². The molecule has 4 heteroatoms. The third-order valence-corrected chi connectivity index (χ3v) is 3.80. The molecule has 0 aliphatic rings. The molecule has 0 aromatic heterocycles. The molecule has 0 amide bonds. The van der Waals surface area contributed by atoms with Gasteiger partial charge in [-0.15, -0.1) is 0 Å². The van der Waals surface area contributed by atoms with Crippen molar-refractivity contribution < 1.29 is 4.74 Å². The summed E-state index contributed by atoms with van der Waals surface area (Å²) >= 11 is 7.31. The molecule has 0 heterocycles. The number of ether oxygens (including phenoxy) is 1. The van der Waals surface area contributed by atoms with Crippen molar-refractivity contribution in [2.45, 2.75) is 54.7 Å². The SMILES string of the molecule is C=C(C)COCCCCCCCCC([SiH3])(Br)Br. The number of alkyl halides is 2. The van der Waals surface area contributed by atoms with E-state index >= 15 is 0 Å². The summed E-state index contributed by atoms with van der Waals surface area (Å²) in [6, 6.07) is 0. The molecule has 0 aliphatic carbocycles. The summed E-state index contributed by atoms with van der Waals surface area (Å²) in [6.07, 6.45) is 9.12. The zero-order chi connectivity index (χ0) is 13.1. The lowest BCUT2D eigenvalue weighted by atomic mass is 10.1. The third-order valence-electron chi connectivity index (χ3n) is 2.50. The highest BCUT2D eigenvalue weighted by molar-refractivity contribution is 9.26. The molecule has 102 valence electrons. The summed E-state index contributed by atoms with van der Waals surface area (Å²) in [7, 11) is 1.16. The lowest BCUT2D eigenvalue weighted by Gasteiger charge is -2.13. The first-order valence-corrected chi connectivity index (χ1v) is 9.10. The van der Waals surface area contributed by atoms with Crippen molar-refractivity contribution in [2.75, 3.05) is 13.2 Å². The molecule has 0 radical (unpaired) electrons. The van der Waals surface area contributed by atoms with E-state index in [4.69, 9.17) is 4.74 Å². The summed E-state index contributed by atoms with van der Waals surface area (Å²) < 4.78 is 5.73. The summed E-state index contributed by atoms with van der Waals surface area (Å²) in [5.74, 6) is 0. The average molecular weight is 386 g/mol. The van der Waals surface area contributed by atoms with Crippen molar-refractivity contribution in [3.8, 4) is 0 Å². The molecule has 0 unspecified atom stereocenters. The van der Waals surface area contributed by atoms with Crippen LogP contribution in [0.4, 0.5) is 0 Å². The van der Waals surface area contributed by atoms with Crippen molar-refractivity contribution >= 4 is 42.1 Å². The zero-order valence-electron chi connectivity index (χ0n) is 11.2. The van der Waals surface area contributed by atoms with Gasteiger partial charge in [-0.2, -0.15) is 0 Å². The highest BCUT2D eigenvalue weighted by Crippen LogP contribution is 2.28. The van der Waals surface area contributed by atoms with Gasteiger partial charge in [-0.25, -0.2) is 0 Å². The Morgan fingerprint density at radius 2 is 1.65 bits per heavy atom. The molecule has 0 aromatic carbocycles. The highest BCUT2D eigenvalue weighted by Gasteiger charge is 2.13. The zero-order valence-corrected chi connectivity index (χ0v) is 16.4. The van der Waals surface area contributed by atoms with Crippen molar-refractivity contribution in [2.24, 2.45) is 0 Å². The number of hydrogen-bond donors (Lipinski definition) is 0. The molecule has 0 N–H and O–H groups in total. The molecule has 0 aromatic rings. The van der Waals surface area contributed by atoms with Gasteiger partial charge in [0.25, 0.3) is 0 Å². The second-order valence-electron chi connectivity index (χ2n) is 4.95. The predicted octanol–water partition coefficient (Wildman–Crippen LogP) is 4.12. The molecular formula is C13H26Br2OSi. The van der Waals surface area contributed by atoms with Crippen molar-refractivity contribution in [1.29, 1.82) is 0 Å². The van der Waals surface area contributed by atoms with E-state index in [1.807, 2.05) is 6.92 Å². The Bertz CT molecular complexity index is 202. The number of rotatable bonds is 11. The third kappa shape index (κ3) is 16.9. The van der Waals surface area contributed by atoms with Crippen LogP contribution in [0.2, 0.25) is 0 Å². The van der Waals surface area contributed by atoms with Crippen LogP contribution in [0.1, 0.15) is 51.9 Å². The van der Waals surface area contributed by atoms with Gasteiger partial charge in [-0.05, 0) is 19.8 Å². The van der Waals surface area contributed by atoms with Crippen LogP contribution < -0.4 is 0 Å². The predicted molar refractivity (Wildman–Crippen MR) is 88.5 cm³/mol. The first-order valence-electron chi connectivity index (χ1n) is 6.52. The normalized spacial score (nSPS) is 11.9. The van der Waals surface area contributed by atoms with Crippen LogP contribution in [0, 0.1) is 0 Å². The molecule has 0 rings (SSSR count). The molecule has 17 heavy (non-hydrogen) atoms. The van der Waals surface area contributed by atoms with Gasteiger partial charge in [0.2, 0.25) is 0 Å². The van der Waals surface area contributed by atoms with Crippen LogP contribution in [-0.4, -0.2) is 26.3 Å². The maximum atomic E-state index is 5.46. The number of hydrogen-bond acceptors (Lipinski definition) is 1. The fraction of sp³-hybridized carbons (Fsp3) is 0.846. The molecule has 0 saturated heterocycles. The lowest BCUT2D eigenvalue weighted by Crippen LogP contribution is -2.09. The molecule has 0 aliphatic heterocycles. The summed E-state index contributed by atoms with van der Waals surface area (Å²) in [5.41, 5.74) is 1.11. The first-order chi connectivity index (χ1) is 7.92. The maximum absolute atomic E-state index is 5.46. The Hall–Kier alpha value is 0.877. The standard InChI is InChI=1S/C13H26Br2OSi/c1-12(2)11-16-10-8-6-4-3-5-7-9-13(14,15)17/h1,3-11H2,2,17H3. The molecule has 0 bridgehead atoms. The van der Waals surface area contributed by atoms with E-state index in [0.717, 1.165) is 29.0 Å². The van der Waals surface area contributed by atoms with E-state index in [1.54, 1.807) is 0 Å². The van der Waals surface area contributed by atoms with E-state index in [-0.39, 0.29) is 2.86 Å². The van der Waals surface area contributed by atoms with Crippen LogP contribution in [0.25, 0.3) is 0 Å². The topological polar surface area (TPSA) is 9.23 Å². The summed E-state index contributed by atoms with van der Waals surface area (Å²) in [4.78, 5) is 0. The molecule has 0 saturated carbocycles. The minimum absolute atomic E-state index is 0.274. The molecule has 0 fully saturated rings. The number of halogens is 2. The first kappa shape index (κ1) is 17.9. The second kappa shape index (κ2) is 10.8. The van der Waals surface area contributed by atoms with Gasteiger partial charge in [0.15, 0.2) is 0 Å². The Labute approximate surface area is 126 Å². The molecule has 1 nitrogen and oxygen atoms in total. The van der Waals surface area contributed by atoms with Crippen LogP contribution in [0.5, 0.6) is 0 Å². The van der Waals surface area contributed by atoms with Gasteiger partial charge in [0.05, 0.1) is 9.46 Å². The largest absolute Gasteiger partial charge is 0.377 e. The van der Waals surface area contributed by atoms with Gasteiger partial charge in [0, 0.05) is 16.8 Å². The highest BCUT2D eigenvalue weighted by atomic mass is 79.9. The lowest BCUT2D eigenvalue weighted by molar-refractivity contribution is 0.151. The Kier molecular flexibility index (Phi) is 11.3. The van der Waals surface area contributed by atoms with Gasteiger partial charge in [-0.1, -0.05) is 76.1 Å². The second-order valence-corrected chi connectivity index (χ2v) is 14.2. The maximum Gasteiger partial charge on any atom is 0.0671 e. The van der Waals surface area contributed by atoms with E-state index in [9.17, 15) is 0 Å². The van der Waals surface area contributed by atoms with Crippen LogP contribution in [0.3, 0.4) is 0 Å². The van der Waals surface area contributed by atoms with Gasteiger partial charge in [0.1, 0.15) is 0 Å². The Balaban J connectivity index is 3.06. The van der Waals surface area contributed by atoms with Gasteiger partial charge < -0.3 is 4.74 Å². The van der Waals surface area contributed by atoms with E-state index in [0.29, 0.717) is 0 Å². The average Bonchev–Trinajstić information content (AvgIpc) is 2.18. The van der Waals surface area contributed by atoms with Crippen molar-refractivity contribution in [1.82, 2.24) is 0 Å². The smallest absolute Gasteiger partial charge is 0.0671 e. The molecular weight excluding hydrogens is 360 g/mol. The van der Waals surface area contributed by atoms with Gasteiger partial charge in [-0.3, -0.25) is 0 Å². The Morgan fingerprint density at radius 3 is 2.18 bits per heavy atom. The minimum atomic E-state index is 0.274. The summed E-state index contributed by atoms with van der Waals surface area (Å²) in [5, 5.41) is 0. The van der Waals surface area contributed by atoms with Gasteiger partial charge >= 0.3 is 0 Å². The molecule has 0 spiro atoms. The van der Waals surface area contributed by atoms with Crippen molar-refractivity contribution in [3.63, 3.8) is 0 Å². The monoisotopic (exact) mass is 384 g/mol. The minimum Gasteiger partial charge on any atom is -0.377 e.